The van der Waals surface area contributed by atoms with Gasteiger partial charge in [-0.3, -0.25) is 0 Å². The fraction of sp³-hybridized carbons (Fsp3) is 0. The SMILES string of the molecule is N#Cc1ccc(-n2c3ccccc3c3cc(N(c4ccc(-c5ccc(-c6ccccc6)cc5)cc4)c4ccc5c(c4)c4ccccc4n5-c4ccc(C#N)cc4C#N)ccc32)cc1. The Balaban J connectivity index is 1.09. The van der Waals surface area contributed by atoms with Crippen LogP contribution in [0.4, 0.5) is 17.1 Å². The van der Waals surface area contributed by atoms with Crippen LogP contribution in [0.3, 0.4) is 0 Å². The molecule has 2 heterocycles. The summed E-state index contributed by atoms with van der Waals surface area (Å²) in [5.74, 6) is 0. The molecular formula is C57H34N6. The highest BCUT2D eigenvalue weighted by Gasteiger charge is 2.21. The van der Waals surface area contributed by atoms with Crippen LogP contribution in [0.2, 0.25) is 0 Å². The number of nitrogens with zero attached hydrogens (tertiary/aromatic N) is 6. The second-order valence-electron chi connectivity index (χ2n) is 15.5. The minimum Gasteiger partial charge on any atom is -0.310 e. The molecule has 0 aliphatic rings. The molecule has 292 valence electrons. The van der Waals surface area contributed by atoms with Crippen LogP contribution in [-0.2, 0) is 0 Å². The molecule has 0 amide bonds. The molecule has 11 rings (SSSR count). The molecule has 0 aliphatic carbocycles. The average Bonchev–Trinajstić information content (AvgIpc) is 3.86. The molecule has 63 heavy (non-hydrogen) atoms. The molecule has 2 aromatic heterocycles. The van der Waals surface area contributed by atoms with E-state index in [4.69, 9.17) is 0 Å². The number of benzene rings is 9. The van der Waals surface area contributed by atoms with Crippen molar-refractivity contribution in [3.63, 3.8) is 0 Å². The molecule has 0 spiro atoms. The maximum Gasteiger partial charge on any atom is 0.101 e. The van der Waals surface area contributed by atoms with Gasteiger partial charge in [0, 0.05) is 44.3 Å². The van der Waals surface area contributed by atoms with E-state index in [0.29, 0.717) is 16.7 Å². The summed E-state index contributed by atoms with van der Waals surface area (Å²) in [6, 6.07) is 77.6. The lowest BCUT2D eigenvalue weighted by molar-refractivity contribution is 1.16. The van der Waals surface area contributed by atoms with E-state index in [9.17, 15) is 15.8 Å². The Morgan fingerprint density at radius 3 is 1.37 bits per heavy atom. The van der Waals surface area contributed by atoms with Crippen molar-refractivity contribution in [2.24, 2.45) is 0 Å². The summed E-state index contributed by atoms with van der Waals surface area (Å²) in [4.78, 5) is 2.31. The molecular weight excluding hydrogens is 769 g/mol. The van der Waals surface area contributed by atoms with Crippen LogP contribution in [0, 0.1) is 34.0 Å². The van der Waals surface area contributed by atoms with Crippen molar-refractivity contribution in [3.8, 4) is 51.8 Å². The van der Waals surface area contributed by atoms with E-state index in [2.05, 4.69) is 178 Å². The lowest BCUT2D eigenvalue weighted by Gasteiger charge is -2.26. The Morgan fingerprint density at radius 2 is 0.794 bits per heavy atom. The van der Waals surface area contributed by atoms with Crippen molar-refractivity contribution in [3.05, 3.63) is 223 Å². The van der Waals surface area contributed by atoms with Gasteiger partial charge in [0.2, 0.25) is 0 Å². The highest BCUT2D eigenvalue weighted by Crippen LogP contribution is 2.43. The van der Waals surface area contributed by atoms with E-state index < -0.39 is 0 Å². The molecule has 6 nitrogen and oxygen atoms in total. The van der Waals surface area contributed by atoms with Gasteiger partial charge in [-0.15, -0.1) is 0 Å². The summed E-state index contributed by atoms with van der Waals surface area (Å²) in [6.45, 7) is 0. The Morgan fingerprint density at radius 1 is 0.333 bits per heavy atom. The van der Waals surface area contributed by atoms with Gasteiger partial charge in [0.15, 0.2) is 0 Å². The van der Waals surface area contributed by atoms with Crippen molar-refractivity contribution < 1.29 is 0 Å². The molecule has 0 saturated carbocycles. The number of fused-ring (bicyclic) bond motifs is 6. The molecule has 0 atom stereocenters. The van der Waals surface area contributed by atoms with Crippen LogP contribution in [0.25, 0.3) is 77.2 Å². The van der Waals surface area contributed by atoms with E-state index in [1.54, 1.807) is 12.1 Å². The third kappa shape index (κ3) is 6.25. The Labute approximate surface area is 363 Å². The standard InChI is InChI=1S/C57H34N6/c58-35-38-14-23-46(24-15-38)62-54-12-6-4-10-49(54)51-33-47(27-30-56(51)62)61(45-25-21-43(22-26-45)42-19-17-41(18-20-42)40-8-2-1-3-9-40)48-28-31-57-52(34-48)50-11-5-7-13-55(50)63(57)53-29-16-39(36-59)32-44(53)37-60/h1-34H. The molecule has 0 fully saturated rings. The first-order chi connectivity index (χ1) is 31.1. The van der Waals surface area contributed by atoms with Crippen LogP contribution in [0.15, 0.2) is 206 Å². The highest BCUT2D eigenvalue weighted by molar-refractivity contribution is 6.12. The molecule has 11 aromatic rings. The Kier molecular flexibility index (Phi) is 8.87. The van der Waals surface area contributed by atoms with Gasteiger partial charge in [0.1, 0.15) is 6.07 Å². The molecule has 0 bridgehead atoms. The quantitative estimate of drug-likeness (QED) is 0.161. The number of nitriles is 3. The van der Waals surface area contributed by atoms with Crippen molar-refractivity contribution in [2.45, 2.75) is 0 Å². The molecule has 9 aromatic carbocycles. The van der Waals surface area contributed by atoms with Crippen LogP contribution >= 0.6 is 0 Å². The number of rotatable bonds is 7. The Hall–Kier alpha value is -9.15. The number of hydrogen-bond donors (Lipinski definition) is 0. The molecule has 0 aliphatic heterocycles. The van der Waals surface area contributed by atoms with Crippen molar-refractivity contribution in [1.29, 1.82) is 15.8 Å². The smallest absolute Gasteiger partial charge is 0.101 e. The van der Waals surface area contributed by atoms with Gasteiger partial charge < -0.3 is 14.0 Å². The lowest BCUT2D eigenvalue weighted by Crippen LogP contribution is -2.10. The van der Waals surface area contributed by atoms with Gasteiger partial charge in [-0.05, 0) is 125 Å². The summed E-state index contributed by atoms with van der Waals surface area (Å²) in [5, 5.41) is 33.7. The second-order valence-corrected chi connectivity index (χ2v) is 15.5. The summed E-state index contributed by atoms with van der Waals surface area (Å²) in [5.41, 5.74) is 14.9. The van der Waals surface area contributed by atoms with Gasteiger partial charge in [-0.25, -0.2) is 0 Å². The van der Waals surface area contributed by atoms with Crippen molar-refractivity contribution in [2.75, 3.05) is 4.90 Å². The zero-order chi connectivity index (χ0) is 42.4. The summed E-state index contributed by atoms with van der Waals surface area (Å²) >= 11 is 0. The van der Waals surface area contributed by atoms with E-state index >= 15 is 0 Å². The van der Waals surface area contributed by atoms with E-state index in [0.717, 1.165) is 83.2 Å². The molecule has 0 unspecified atom stereocenters. The first kappa shape index (κ1) is 36.9. The number of anilines is 3. The van der Waals surface area contributed by atoms with Gasteiger partial charge in [-0.1, -0.05) is 103 Å². The predicted molar refractivity (Wildman–Crippen MR) is 255 cm³/mol. The monoisotopic (exact) mass is 802 g/mol. The zero-order valence-electron chi connectivity index (χ0n) is 33.8. The van der Waals surface area contributed by atoms with E-state index in [1.807, 2.05) is 48.5 Å². The van der Waals surface area contributed by atoms with Gasteiger partial charge in [0.25, 0.3) is 0 Å². The first-order valence-corrected chi connectivity index (χ1v) is 20.7. The lowest BCUT2D eigenvalue weighted by atomic mass is 10.00. The average molecular weight is 803 g/mol. The molecule has 0 radical (unpaired) electrons. The fourth-order valence-corrected chi connectivity index (χ4v) is 9.05. The fourth-order valence-electron chi connectivity index (χ4n) is 9.05. The van der Waals surface area contributed by atoms with Crippen LogP contribution in [-0.4, -0.2) is 9.13 Å². The number of para-hydroxylation sites is 2. The minimum absolute atomic E-state index is 0.436. The summed E-state index contributed by atoms with van der Waals surface area (Å²) in [6.07, 6.45) is 0. The zero-order valence-corrected chi connectivity index (χ0v) is 33.8. The minimum atomic E-state index is 0.436. The molecule has 0 N–H and O–H groups in total. The van der Waals surface area contributed by atoms with Crippen LogP contribution < -0.4 is 4.90 Å². The van der Waals surface area contributed by atoms with Gasteiger partial charge in [-0.2, -0.15) is 15.8 Å². The third-order valence-electron chi connectivity index (χ3n) is 12.0. The maximum absolute atomic E-state index is 10.2. The first-order valence-electron chi connectivity index (χ1n) is 20.7. The van der Waals surface area contributed by atoms with E-state index in [1.165, 1.54) is 11.1 Å². The molecule has 0 saturated heterocycles. The third-order valence-corrected chi connectivity index (χ3v) is 12.0. The summed E-state index contributed by atoms with van der Waals surface area (Å²) < 4.78 is 4.39. The highest BCUT2D eigenvalue weighted by atomic mass is 15.1. The topological polar surface area (TPSA) is 84.5 Å². The van der Waals surface area contributed by atoms with Gasteiger partial charge in [0.05, 0.1) is 56.6 Å². The van der Waals surface area contributed by atoms with Crippen LogP contribution in [0.1, 0.15) is 16.7 Å². The number of hydrogen-bond acceptors (Lipinski definition) is 4. The normalized spacial score (nSPS) is 11.1. The number of aromatic nitrogens is 2. The van der Waals surface area contributed by atoms with Crippen molar-refractivity contribution >= 4 is 60.7 Å². The van der Waals surface area contributed by atoms with Crippen LogP contribution in [0.5, 0.6) is 0 Å². The predicted octanol–water partition coefficient (Wildman–Crippen LogP) is 14.3. The maximum atomic E-state index is 10.2. The summed E-state index contributed by atoms with van der Waals surface area (Å²) in [7, 11) is 0. The van der Waals surface area contributed by atoms with E-state index in [-0.39, 0.29) is 0 Å². The van der Waals surface area contributed by atoms with Gasteiger partial charge >= 0.3 is 0 Å². The second kappa shape index (κ2) is 15.1. The molecule has 6 heteroatoms. The Bertz CT molecular complexity index is 3690. The van der Waals surface area contributed by atoms with Crippen molar-refractivity contribution in [1.82, 2.24) is 9.13 Å². The largest absolute Gasteiger partial charge is 0.310 e.